The molecule has 4 atom stereocenters. The molecule has 3 aliphatic carbocycles. The Morgan fingerprint density at radius 1 is 1.38 bits per heavy atom. The molecule has 1 heteroatoms. The third-order valence-electron chi connectivity index (χ3n) is 5.52. The predicted octanol–water partition coefficient (Wildman–Crippen LogP) is 3.63. The van der Waals surface area contributed by atoms with E-state index < -0.39 is 0 Å². The van der Waals surface area contributed by atoms with Gasteiger partial charge in [0.25, 0.3) is 0 Å². The average molecular weight is 222 g/mol. The van der Waals surface area contributed by atoms with Crippen LogP contribution in [0.2, 0.25) is 0 Å². The minimum atomic E-state index is 0.248. The Balaban J connectivity index is 2.08. The van der Waals surface area contributed by atoms with Crippen LogP contribution in [-0.4, -0.2) is 11.7 Å². The van der Waals surface area contributed by atoms with Crippen molar-refractivity contribution >= 4 is 0 Å². The zero-order chi connectivity index (χ0) is 11.9. The van der Waals surface area contributed by atoms with Gasteiger partial charge in [-0.2, -0.15) is 0 Å². The molecule has 0 amide bonds. The van der Waals surface area contributed by atoms with Crippen molar-refractivity contribution in [3.8, 4) is 0 Å². The molecule has 0 aromatic heterocycles. The first-order valence-electron chi connectivity index (χ1n) is 6.81. The molecule has 1 nitrogen and oxygen atoms in total. The second kappa shape index (κ2) is 4.18. The normalized spacial score (nSPS) is 41.7. The molecule has 2 bridgehead atoms. The van der Waals surface area contributed by atoms with Crippen molar-refractivity contribution in [3.05, 3.63) is 11.6 Å². The lowest BCUT2D eigenvalue weighted by Crippen LogP contribution is -2.54. The smallest absolute Gasteiger partial charge is 0.0641 e. The van der Waals surface area contributed by atoms with E-state index in [2.05, 4.69) is 33.8 Å². The van der Waals surface area contributed by atoms with Gasteiger partial charge >= 0.3 is 0 Å². The number of hydrogen-bond acceptors (Lipinski definition) is 1. The monoisotopic (exact) mass is 222 g/mol. The first-order chi connectivity index (χ1) is 7.50. The van der Waals surface area contributed by atoms with Gasteiger partial charge in [-0.3, -0.25) is 0 Å². The largest absolute Gasteiger partial charge is 0.392 e. The van der Waals surface area contributed by atoms with E-state index in [4.69, 9.17) is 0 Å². The molecule has 0 heterocycles. The second-order valence-corrected chi connectivity index (χ2v) is 6.46. The van der Waals surface area contributed by atoms with Crippen LogP contribution in [0, 0.1) is 29.1 Å². The first-order valence-corrected chi connectivity index (χ1v) is 6.81. The third kappa shape index (κ3) is 1.73. The summed E-state index contributed by atoms with van der Waals surface area (Å²) in [6, 6.07) is 0. The average Bonchev–Trinajstić information content (AvgIpc) is 2.26. The van der Waals surface area contributed by atoms with Gasteiger partial charge in [0, 0.05) is 0 Å². The minimum Gasteiger partial charge on any atom is -0.392 e. The van der Waals surface area contributed by atoms with Crippen LogP contribution in [0.4, 0.5) is 0 Å². The molecular weight excluding hydrogens is 196 g/mol. The Bertz CT molecular complexity index is 284. The van der Waals surface area contributed by atoms with Gasteiger partial charge in [0.2, 0.25) is 0 Å². The summed E-state index contributed by atoms with van der Waals surface area (Å²) in [6.45, 7) is 9.68. The van der Waals surface area contributed by atoms with Crippen LogP contribution in [0.1, 0.15) is 47.0 Å². The lowest BCUT2D eigenvalue weighted by atomic mass is 9.43. The zero-order valence-corrected chi connectivity index (χ0v) is 11.2. The fraction of sp³-hybridized carbons (Fsp3) is 0.867. The van der Waals surface area contributed by atoms with E-state index in [9.17, 15) is 5.11 Å². The van der Waals surface area contributed by atoms with Crippen molar-refractivity contribution in [2.45, 2.75) is 47.0 Å². The summed E-state index contributed by atoms with van der Waals surface area (Å²) in [4.78, 5) is 0. The van der Waals surface area contributed by atoms with Gasteiger partial charge in [-0.15, -0.1) is 0 Å². The summed E-state index contributed by atoms with van der Waals surface area (Å²) in [5, 5.41) is 9.25. The highest BCUT2D eigenvalue weighted by Gasteiger charge is 2.55. The van der Waals surface area contributed by atoms with Crippen LogP contribution in [0.25, 0.3) is 0 Å². The van der Waals surface area contributed by atoms with Gasteiger partial charge in [-0.1, -0.05) is 33.8 Å². The second-order valence-electron chi connectivity index (χ2n) is 6.46. The highest BCUT2D eigenvalue weighted by Crippen LogP contribution is 2.63. The lowest BCUT2D eigenvalue weighted by molar-refractivity contribution is -0.118. The quantitative estimate of drug-likeness (QED) is 0.723. The predicted molar refractivity (Wildman–Crippen MR) is 68.1 cm³/mol. The SMILES string of the molecule is CCC(=C[C@@H]1C[C@H]2C[C@@H]([C@@H]1C)C2(C)C)CO. The molecule has 92 valence electrons. The van der Waals surface area contributed by atoms with E-state index in [1.54, 1.807) is 0 Å². The van der Waals surface area contributed by atoms with Gasteiger partial charge in [0.1, 0.15) is 0 Å². The van der Waals surface area contributed by atoms with Crippen LogP contribution >= 0.6 is 0 Å². The van der Waals surface area contributed by atoms with E-state index >= 15 is 0 Å². The first kappa shape index (κ1) is 12.2. The maximum absolute atomic E-state index is 9.25. The molecular formula is C15H26O. The number of allylic oxidation sites excluding steroid dienone is 1. The maximum atomic E-state index is 9.25. The summed E-state index contributed by atoms with van der Waals surface area (Å²) in [5.74, 6) is 3.35. The number of hydrogen-bond donors (Lipinski definition) is 1. The molecule has 0 aromatic carbocycles. The molecule has 16 heavy (non-hydrogen) atoms. The van der Waals surface area contributed by atoms with E-state index in [-0.39, 0.29) is 6.61 Å². The molecule has 3 saturated carbocycles. The molecule has 3 aliphatic rings. The van der Waals surface area contributed by atoms with Crippen molar-refractivity contribution in [2.75, 3.05) is 6.61 Å². The van der Waals surface area contributed by atoms with Crippen molar-refractivity contribution in [3.63, 3.8) is 0 Å². The van der Waals surface area contributed by atoms with Crippen LogP contribution in [0.5, 0.6) is 0 Å². The Labute approximate surface area is 99.9 Å². The molecule has 0 spiro atoms. The molecule has 3 fully saturated rings. The number of rotatable bonds is 3. The fourth-order valence-corrected chi connectivity index (χ4v) is 3.99. The van der Waals surface area contributed by atoms with Gasteiger partial charge < -0.3 is 5.11 Å². The molecule has 3 rings (SSSR count). The lowest BCUT2D eigenvalue weighted by Gasteiger charge is -2.62. The standard InChI is InChI=1S/C15H26O/c1-5-11(9-16)6-12-7-13-8-14(10(12)2)15(13,3)4/h6,10,12-14,16H,5,7-9H2,1-4H3/t10-,12-,13+,14+/m1/s1. The summed E-state index contributed by atoms with van der Waals surface area (Å²) in [7, 11) is 0. The van der Waals surface area contributed by atoms with E-state index in [1.807, 2.05) is 0 Å². The van der Waals surface area contributed by atoms with Gasteiger partial charge in [-0.25, -0.2) is 0 Å². The van der Waals surface area contributed by atoms with Crippen molar-refractivity contribution < 1.29 is 5.11 Å². The van der Waals surface area contributed by atoms with E-state index in [0.717, 1.165) is 30.1 Å². The minimum absolute atomic E-state index is 0.248. The van der Waals surface area contributed by atoms with Crippen molar-refractivity contribution in [1.82, 2.24) is 0 Å². The number of aliphatic hydroxyl groups is 1. The highest BCUT2D eigenvalue weighted by atomic mass is 16.3. The molecule has 0 saturated heterocycles. The Morgan fingerprint density at radius 3 is 2.50 bits per heavy atom. The van der Waals surface area contributed by atoms with Gasteiger partial charge in [0.05, 0.1) is 6.61 Å². The Morgan fingerprint density at radius 2 is 2.06 bits per heavy atom. The fourth-order valence-electron chi connectivity index (χ4n) is 3.99. The highest BCUT2D eigenvalue weighted by molar-refractivity contribution is 5.13. The number of fused-ring (bicyclic) bond motifs is 2. The Kier molecular flexibility index (Phi) is 3.18. The Hall–Kier alpha value is -0.300. The summed E-state index contributed by atoms with van der Waals surface area (Å²) in [5.41, 5.74) is 1.81. The van der Waals surface area contributed by atoms with E-state index in [1.165, 1.54) is 18.4 Å². The topological polar surface area (TPSA) is 20.2 Å². The van der Waals surface area contributed by atoms with Gasteiger partial charge in [-0.05, 0) is 53.9 Å². The summed E-state index contributed by atoms with van der Waals surface area (Å²) >= 11 is 0. The van der Waals surface area contributed by atoms with Crippen LogP contribution in [-0.2, 0) is 0 Å². The zero-order valence-electron chi connectivity index (χ0n) is 11.2. The maximum Gasteiger partial charge on any atom is 0.0641 e. The molecule has 0 aliphatic heterocycles. The van der Waals surface area contributed by atoms with Gasteiger partial charge in [0.15, 0.2) is 0 Å². The molecule has 0 unspecified atom stereocenters. The summed E-state index contributed by atoms with van der Waals surface area (Å²) in [6.07, 6.45) is 6.16. The van der Waals surface area contributed by atoms with Crippen LogP contribution < -0.4 is 0 Å². The molecule has 0 radical (unpaired) electrons. The number of aliphatic hydroxyl groups excluding tert-OH is 1. The van der Waals surface area contributed by atoms with Crippen LogP contribution in [0.15, 0.2) is 11.6 Å². The van der Waals surface area contributed by atoms with E-state index in [0.29, 0.717) is 5.41 Å². The summed E-state index contributed by atoms with van der Waals surface area (Å²) < 4.78 is 0. The third-order valence-corrected chi connectivity index (χ3v) is 5.52. The molecule has 1 N–H and O–H groups in total. The van der Waals surface area contributed by atoms with Crippen molar-refractivity contribution in [1.29, 1.82) is 0 Å². The van der Waals surface area contributed by atoms with Crippen LogP contribution in [0.3, 0.4) is 0 Å². The van der Waals surface area contributed by atoms with Crippen molar-refractivity contribution in [2.24, 2.45) is 29.1 Å². The molecule has 0 aromatic rings.